The van der Waals surface area contributed by atoms with Crippen molar-refractivity contribution >= 4 is 40.1 Å². The van der Waals surface area contributed by atoms with E-state index in [-0.39, 0.29) is 5.91 Å². The fourth-order valence-corrected chi connectivity index (χ4v) is 3.11. The first-order valence-corrected chi connectivity index (χ1v) is 11.1. The van der Waals surface area contributed by atoms with E-state index < -0.39 is 5.97 Å². The van der Waals surface area contributed by atoms with Gasteiger partial charge in [0.05, 0.1) is 12.8 Å². The number of nitrogens with one attached hydrogen (secondary N) is 1. The van der Waals surface area contributed by atoms with Crippen LogP contribution in [0.5, 0.6) is 11.5 Å². The van der Waals surface area contributed by atoms with Crippen molar-refractivity contribution in [1.82, 2.24) is 5.43 Å². The third-order valence-electron chi connectivity index (χ3n) is 4.35. The number of amides is 1. The van der Waals surface area contributed by atoms with Crippen LogP contribution in [0.2, 0.25) is 0 Å². The summed E-state index contributed by atoms with van der Waals surface area (Å²) in [5.74, 6) is 0.132. The Hall–Kier alpha value is -3.71. The molecule has 0 aliphatic rings. The summed E-state index contributed by atoms with van der Waals surface area (Å²) in [6.45, 7) is 2.65. The van der Waals surface area contributed by atoms with Gasteiger partial charge in [0.2, 0.25) is 0 Å². The third kappa shape index (κ3) is 7.73. The lowest BCUT2D eigenvalue weighted by atomic mass is 10.2. The Bertz CT molecular complexity index is 1140. The zero-order valence-electron chi connectivity index (χ0n) is 18.0. The summed E-state index contributed by atoms with van der Waals surface area (Å²) in [7, 11) is 0. The molecule has 0 saturated heterocycles. The number of carbonyl (C=O) groups is 2. The first-order chi connectivity index (χ1) is 16.0. The molecule has 3 rings (SSSR count). The molecule has 0 unspecified atom stereocenters. The molecule has 0 aromatic heterocycles. The predicted octanol–water partition coefficient (Wildman–Crippen LogP) is 5.62. The van der Waals surface area contributed by atoms with E-state index in [1.807, 2.05) is 37.3 Å². The van der Waals surface area contributed by atoms with Gasteiger partial charge in [-0.15, -0.1) is 0 Å². The number of nitrogens with zero attached hydrogens (tertiary/aromatic N) is 1. The Morgan fingerprint density at radius 1 is 1.03 bits per heavy atom. The summed E-state index contributed by atoms with van der Waals surface area (Å²) in [6, 6.07) is 21.4. The van der Waals surface area contributed by atoms with Crippen molar-refractivity contribution in [1.29, 1.82) is 0 Å². The van der Waals surface area contributed by atoms with Crippen molar-refractivity contribution in [2.45, 2.75) is 13.3 Å². The normalized spacial score (nSPS) is 11.0. The number of hydrogen-bond acceptors (Lipinski definition) is 5. The van der Waals surface area contributed by atoms with E-state index in [1.54, 1.807) is 48.5 Å². The minimum atomic E-state index is -0.523. The van der Waals surface area contributed by atoms with Crippen molar-refractivity contribution in [3.63, 3.8) is 0 Å². The summed E-state index contributed by atoms with van der Waals surface area (Å²) in [5.41, 5.74) is 4.34. The molecule has 1 N–H and O–H groups in total. The zero-order chi connectivity index (χ0) is 23.5. The number of ether oxygens (including phenoxy) is 2. The summed E-state index contributed by atoms with van der Waals surface area (Å²) in [5, 5.41) is 4.01. The van der Waals surface area contributed by atoms with Crippen LogP contribution in [0.25, 0.3) is 6.08 Å². The van der Waals surface area contributed by atoms with Crippen LogP contribution in [0.4, 0.5) is 0 Å². The van der Waals surface area contributed by atoms with E-state index in [1.165, 1.54) is 12.3 Å². The molecule has 0 fully saturated rings. The molecule has 1 amide bonds. The van der Waals surface area contributed by atoms with Gasteiger partial charge in [-0.2, -0.15) is 5.10 Å². The standard InChI is InChI=1S/C26H23BrN2O4/c1-2-16-32-23-12-9-20(10-13-23)26(31)29-28-18-21-17-22(27)11-14-24(21)33-25(30)15-8-19-6-4-3-5-7-19/h3-15,17-18H,2,16H2,1H3,(H,29,31)/b15-8+,28-18+. The monoisotopic (exact) mass is 506 g/mol. The highest BCUT2D eigenvalue weighted by Crippen LogP contribution is 2.22. The quantitative estimate of drug-likeness (QED) is 0.134. The highest BCUT2D eigenvalue weighted by Gasteiger charge is 2.08. The van der Waals surface area contributed by atoms with Gasteiger partial charge in [0.15, 0.2) is 0 Å². The number of hydrogen-bond donors (Lipinski definition) is 1. The molecule has 0 saturated carbocycles. The van der Waals surface area contributed by atoms with Crippen LogP contribution in [0.3, 0.4) is 0 Å². The largest absolute Gasteiger partial charge is 0.494 e. The van der Waals surface area contributed by atoms with Crippen molar-refractivity contribution in [3.8, 4) is 11.5 Å². The van der Waals surface area contributed by atoms with Crippen molar-refractivity contribution in [3.05, 3.63) is 100 Å². The lowest BCUT2D eigenvalue weighted by Crippen LogP contribution is -2.17. The number of esters is 1. The second kappa shape index (κ2) is 12.4. The van der Waals surface area contributed by atoms with E-state index in [4.69, 9.17) is 9.47 Å². The average molecular weight is 507 g/mol. The molecule has 168 valence electrons. The van der Waals surface area contributed by atoms with Gasteiger partial charge in [0.25, 0.3) is 5.91 Å². The molecule has 33 heavy (non-hydrogen) atoms. The minimum absolute atomic E-state index is 0.316. The van der Waals surface area contributed by atoms with Crippen molar-refractivity contribution < 1.29 is 19.1 Å². The molecule has 0 heterocycles. The van der Waals surface area contributed by atoms with E-state index in [0.29, 0.717) is 29.2 Å². The molecule has 6 nitrogen and oxygen atoms in total. The molecular weight excluding hydrogens is 484 g/mol. The Labute approximate surface area is 201 Å². The molecule has 3 aromatic carbocycles. The Balaban J connectivity index is 1.63. The maximum absolute atomic E-state index is 12.3. The zero-order valence-corrected chi connectivity index (χ0v) is 19.6. The molecule has 0 bridgehead atoms. The second-order valence-corrected chi connectivity index (χ2v) is 7.83. The van der Waals surface area contributed by atoms with Gasteiger partial charge in [0.1, 0.15) is 11.5 Å². The first kappa shape index (κ1) is 23.9. The van der Waals surface area contributed by atoms with E-state index in [9.17, 15) is 9.59 Å². The van der Waals surface area contributed by atoms with E-state index in [2.05, 4.69) is 26.5 Å². The Morgan fingerprint density at radius 3 is 2.52 bits per heavy atom. The maximum atomic E-state index is 12.3. The lowest BCUT2D eigenvalue weighted by Gasteiger charge is -2.07. The molecule has 7 heteroatoms. The fraction of sp³-hybridized carbons (Fsp3) is 0.115. The van der Waals surface area contributed by atoms with Gasteiger partial charge < -0.3 is 9.47 Å². The van der Waals surface area contributed by atoms with Crippen LogP contribution in [-0.4, -0.2) is 24.7 Å². The lowest BCUT2D eigenvalue weighted by molar-refractivity contribution is -0.128. The molecular formula is C26H23BrN2O4. The third-order valence-corrected chi connectivity index (χ3v) is 4.85. The van der Waals surface area contributed by atoms with E-state index in [0.717, 1.165) is 16.5 Å². The maximum Gasteiger partial charge on any atom is 0.336 e. The average Bonchev–Trinajstić information content (AvgIpc) is 2.84. The van der Waals surface area contributed by atoms with Gasteiger partial charge in [-0.05, 0) is 60.5 Å². The summed E-state index contributed by atoms with van der Waals surface area (Å²) < 4.78 is 11.7. The first-order valence-electron chi connectivity index (χ1n) is 10.4. The fourth-order valence-electron chi connectivity index (χ4n) is 2.73. The van der Waals surface area contributed by atoms with Crippen LogP contribution in [-0.2, 0) is 4.79 Å². The second-order valence-electron chi connectivity index (χ2n) is 6.92. The predicted molar refractivity (Wildman–Crippen MR) is 133 cm³/mol. The molecule has 0 aliphatic carbocycles. The van der Waals surface area contributed by atoms with Gasteiger partial charge in [-0.1, -0.05) is 53.2 Å². The summed E-state index contributed by atoms with van der Waals surface area (Å²) in [4.78, 5) is 24.6. The van der Waals surface area contributed by atoms with E-state index >= 15 is 0 Å². The minimum Gasteiger partial charge on any atom is -0.494 e. The van der Waals surface area contributed by atoms with Crippen molar-refractivity contribution in [2.24, 2.45) is 5.10 Å². The van der Waals surface area contributed by atoms with Gasteiger partial charge in [0, 0.05) is 21.7 Å². The number of benzene rings is 3. The van der Waals surface area contributed by atoms with Crippen LogP contribution < -0.4 is 14.9 Å². The molecule has 0 aliphatic heterocycles. The SMILES string of the molecule is CCCOc1ccc(C(=O)N/N=C/c2cc(Br)ccc2OC(=O)/C=C/c2ccccc2)cc1. The topological polar surface area (TPSA) is 77.0 Å². The van der Waals surface area contributed by atoms with Gasteiger partial charge in [-0.25, -0.2) is 10.2 Å². The number of rotatable bonds is 9. The van der Waals surface area contributed by atoms with Crippen LogP contribution in [0.1, 0.15) is 34.8 Å². The molecule has 3 aromatic rings. The smallest absolute Gasteiger partial charge is 0.336 e. The number of carbonyl (C=O) groups excluding carboxylic acids is 2. The molecule has 0 spiro atoms. The van der Waals surface area contributed by atoms with Crippen LogP contribution in [0, 0.1) is 0 Å². The van der Waals surface area contributed by atoms with Gasteiger partial charge in [-0.3, -0.25) is 4.79 Å². The van der Waals surface area contributed by atoms with Crippen LogP contribution in [0.15, 0.2) is 88.4 Å². The molecule has 0 radical (unpaired) electrons. The Kier molecular flexibility index (Phi) is 8.97. The van der Waals surface area contributed by atoms with Crippen molar-refractivity contribution in [2.75, 3.05) is 6.61 Å². The van der Waals surface area contributed by atoms with Gasteiger partial charge >= 0.3 is 5.97 Å². The number of halogens is 1. The summed E-state index contributed by atoms with van der Waals surface area (Å²) >= 11 is 3.39. The summed E-state index contributed by atoms with van der Waals surface area (Å²) in [6.07, 6.45) is 5.36. The number of hydrazone groups is 1. The highest BCUT2D eigenvalue weighted by atomic mass is 79.9. The van der Waals surface area contributed by atoms with Crippen LogP contribution >= 0.6 is 15.9 Å². The highest BCUT2D eigenvalue weighted by molar-refractivity contribution is 9.10. The Morgan fingerprint density at radius 2 is 1.79 bits per heavy atom. The molecule has 0 atom stereocenters.